The first-order valence-electron chi connectivity index (χ1n) is 8.56. The topological polar surface area (TPSA) is 100 Å². The molecule has 136 valence electrons. The number of furan rings is 1. The number of hydrogen-bond donors (Lipinski definition) is 3. The summed E-state index contributed by atoms with van der Waals surface area (Å²) in [4.78, 5) is 30.8. The molecule has 0 saturated carbocycles. The standard InChI is InChI=1S/C20H18N4O3/c1-11-14-5-3-4-6-17(14)27-18(11)12(2)23-20(26)24-13-7-8-16-15(9-13)19(25)22-10-21-16/h3-10,12H,1-2H3,(H,21,22,25)(H2,23,24,26)/t12-/m1/s1. The first kappa shape index (κ1) is 16.8. The van der Waals surface area contributed by atoms with Crippen LogP contribution in [0.4, 0.5) is 10.5 Å². The van der Waals surface area contributed by atoms with Gasteiger partial charge in [0, 0.05) is 16.6 Å². The minimum atomic E-state index is -0.387. The number of nitrogens with one attached hydrogen (secondary N) is 3. The van der Waals surface area contributed by atoms with Gasteiger partial charge in [0.05, 0.1) is 23.3 Å². The largest absolute Gasteiger partial charge is 0.459 e. The second-order valence-corrected chi connectivity index (χ2v) is 6.37. The van der Waals surface area contributed by atoms with Gasteiger partial charge in [0.2, 0.25) is 0 Å². The van der Waals surface area contributed by atoms with E-state index in [2.05, 4.69) is 20.6 Å². The number of hydrogen-bond acceptors (Lipinski definition) is 4. The third kappa shape index (κ3) is 3.15. The molecule has 2 aromatic heterocycles. The molecule has 0 aliphatic carbocycles. The summed E-state index contributed by atoms with van der Waals surface area (Å²) in [5.41, 5.74) is 2.61. The van der Waals surface area contributed by atoms with Crippen molar-refractivity contribution in [3.63, 3.8) is 0 Å². The summed E-state index contributed by atoms with van der Waals surface area (Å²) in [7, 11) is 0. The second-order valence-electron chi connectivity index (χ2n) is 6.37. The van der Waals surface area contributed by atoms with Gasteiger partial charge in [0.15, 0.2) is 0 Å². The Balaban J connectivity index is 1.52. The number of benzene rings is 2. The van der Waals surface area contributed by atoms with Crippen LogP contribution in [-0.4, -0.2) is 16.0 Å². The molecular formula is C20H18N4O3. The SMILES string of the molecule is Cc1c([C@@H](C)NC(=O)Nc2ccc3nc[nH]c(=O)c3c2)oc2ccccc12. The molecule has 0 aliphatic heterocycles. The molecule has 0 saturated heterocycles. The predicted molar refractivity (Wildman–Crippen MR) is 104 cm³/mol. The highest BCUT2D eigenvalue weighted by molar-refractivity contribution is 5.92. The van der Waals surface area contributed by atoms with Crippen molar-refractivity contribution in [3.8, 4) is 0 Å². The van der Waals surface area contributed by atoms with Crippen LogP contribution in [0.25, 0.3) is 21.9 Å². The molecule has 3 N–H and O–H groups in total. The van der Waals surface area contributed by atoms with Gasteiger partial charge in [-0.1, -0.05) is 18.2 Å². The van der Waals surface area contributed by atoms with Crippen molar-refractivity contribution < 1.29 is 9.21 Å². The molecule has 0 fully saturated rings. The first-order chi connectivity index (χ1) is 13.0. The molecule has 27 heavy (non-hydrogen) atoms. The number of fused-ring (bicyclic) bond motifs is 2. The summed E-state index contributed by atoms with van der Waals surface area (Å²) in [5, 5.41) is 7.05. The van der Waals surface area contributed by atoms with Crippen molar-refractivity contribution in [1.29, 1.82) is 0 Å². The molecule has 0 bridgehead atoms. The lowest BCUT2D eigenvalue weighted by molar-refractivity contribution is 0.248. The number of carbonyl (C=O) groups excluding carboxylic acids is 1. The Hall–Kier alpha value is -3.61. The summed E-state index contributed by atoms with van der Waals surface area (Å²) in [6.07, 6.45) is 1.35. The van der Waals surface area contributed by atoms with Crippen molar-refractivity contribution in [2.75, 3.05) is 5.32 Å². The molecule has 7 nitrogen and oxygen atoms in total. The lowest BCUT2D eigenvalue weighted by Gasteiger charge is -2.13. The van der Waals surface area contributed by atoms with Crippen molar-refractivity contribution >= 4 is 33.6 Å². The average Bonchev–Trinajstić information content (AvgIpc) is 2.99. The van der Waals surface area contributed by atoms with Crippen LogP contribution in [-0.2, 0) is 0 Å². The zero-order valence-electron chi connectivity index (χ0n) is 14.9. The fourth-order valence-electron chi connectivity index (χ4n) is 3.18. The number of aromatic amines is 1. The molecule has 0 radical (unpaired) electrons. The molecule has 4 aromatic rings. The summed E-state index contributed by atoms with van der Waals surface area (Å²) in [6, 6.07) is 12.0. The van der Waals surface area contributed by atoms with E-state index >= 15 is 0 Å². The van der Waals surface area contributed by atoms with Gasteiger partial charge >= 0.3 is 6.03 Å². The van der Waals surface area contributed by atoms with Crippen molar-refractivity contribution in [2.24, 2.45) is 0 Å². The fraction of sp³-hybridized carbons (Fsp3) is 0.150. The number of H-pyrrole nitrogens is 1. The average molecular weight is 362 g/mol. The predicted octanol–water partition coefficient (Wildman–Crippen LogP) is 3.86. The molecular weight excluding hydrogens is 344 g/mol. The number of aryl methyl sites for hydroxylation is 1. The number of aromatic nitrogens is 2. The van der Waals surface area contributed by atoms with Gasteiger partial charge in [0.1, 0.15) is 11.3 Å². The number of para-hydroxylation sites is 1. The smallest absolute Gasteiger partial charge is 0.319 e. The maximum atomic E-state index is 12.4. The zero-order valence-corrected chi connectivity index (χ0v) is 14.9. The quantitative estimate of drug-likeness (QED) is 0.515. The molecule has 7 heteroatoms. The van der Waals surface area contributed by atoms with Crippen LogP contribution in [0.5, 0.6) is 0 Å². The Kier molecular flexibility index (Phi) is 4.12. The van der Waals surface area contributed by atoms with Gasteiger partial charge in [-0.25, -0.2) is 9.78 Å². The molecule has 1 atom stereocenters. The van der Waals surface area contributed by atoms with Gasteiger partial charge in [-0.15, -0.1) is 0 Å². The first-order valence-corrected chi connectivity index (χ1v) is 8.56. The van der Waals surface area contributed by atoms with E-state index in [0.717, 1.165) is 16.5 Å². The van der Waals surface area contributed by atoms with E-state index in [1.165, 1.54) is 6.33 Å². The summed E-state index contributed by atoms with van der Waals surface area (Å²) in [5.74, 6) is 0.713. The maximum Gasteiger partial charge on any atom is 0.319 e. The molecule has 4 rings (SSSR count). The van der Waals surface area contributed by atoms with Gasteiger partial charge in [0.25, 0.3) is 5.56 Å². The normalized spacial score (nSPS) is 12.2. The highest BCUT2D eigenvalue weighted by atomic mass is 16.3. The number of amides is 2. The molecule has 0 spiro atoms. The highest BCUT2D eigenvalue weighted by Gasteiger charge is 2.18. The van der Waals surface area contributed by atoms with E-state index in [1.807, 2.05) is 38.1 Å². The zero-order chi connectivity index (χ0) is 19.0. The Morgan fingerprint density at radius 1 is 1.19 bits per heavy atom. The number of nitrogens with zero attached hydrogens (tertiary/aromatic N) is 1. The summed E-state index contributed by atoms with van der Waals surface area (Å²) >= 11 is 0. The summed E-state index contributed by atoms with van der Waals surface area (Å²) in [6.45, 7) is 3.83. The van der Waals surface area contributed by atoms with Gasteiger partial charge in [-0.05, 0) is 38.1 Å². The van der Waals surface area contributed by atoms with Gasteiger partial charge < -0.3 is 20.0 Å². The number of rotatable bonds is 3. The molecule has 2 heterocycles. The lowest BCUT2D eigenvalue weighted by atomic mass is 10.1. The molecule has 0 aliphatic rings. The third-order valence-electron chi connectivity index (χ3n) is 4.52. The van der Waals surface area contributed by atoms with Gasteiger partial charge in [-0.3, -0.25) is 4.79 Å². The Morgan fingerprint density at radius 3 is 2.81 bits per heavy atom. The Labute approximate surface area is 154 Å². The number of urea groups is 1. The van der Waals surface area contributed by atoms with Crippen LogP contribution in [0.1, 0.15) is 24.3 Å². The second kappa shape index (κ2) is 6.60. The monoisotopic (exact) mass is 362 g/mol. The summed E-state index contributed by atoms with van der Waals surface area (Å²) < 4.78 is 5.89. The van der Waals surface area contributed by atoms with Crippen LogP contribution >= 0.6 is 0 Å². The van der Waals surface area contributed by atoms with Crippen molar-refractivity contribution in [3.05, 3.63) is 70.5 Å². The van der Waals surface area contributed by atoms with Crippen LogP contribution < -0.4 is 16.2 Å². The number of carbonyl (C=O) groups is 1. The maximum absolute atomic E-state index is 12.4. The third-order valence-corrected chi connectivity index (χ3v) is 4.52. The van der Waals surface area contributed by atoms with Crippen LogP contribution in [0.3, 0.4) is 0 Å². The number of anilines is 1. The minimum Gasteiger partial charge on any atom is -0.459 e. The van der Waals surface area contributed by atoms with Crippen LogP contribution in [0.2, 0.25) is 0 Å². The minimum absolute atomic E-state index is 0.254. The Bertz CT molecular complexity index is 1210. The van der Waals surface area contributed by atoms with E-state index in [4.69, 9.17) is 4.42 Å². The molecule has 2 aromatic carbocycles. The van der Waals surface area contributed by atoms with E-state index in [9.17, 15) is 9.59 Å². The molecule has 2 amide bonds. The van der Waals surface area contributed by atoms with E-state index in [0.29, 0.717) is 22.4 Å². The van der Waals surface area contributed by atoms with Crippen molar-refractivity contribution in [1.82, 2.24) is 15.3 Å². The highest BCUT2D eigenvalue weighted by Crippen LogP contribution is 2.29. The molecule has 0 unspecified atom stereocenters. The van der Waals surface area contributed by atoms with Gasteiger partial charge in [-0.2, -0.15) is 0 Å². The van der Waals surface area contributed by atoms with Crippen LogP contribution in [0, 0.1) is 6.92 Å². The van der Waals surface area contributed by atoms with Crippen molar-refractivity contribution in [2.45, 2.75) is 19.9 Å². The van der Waals surface area contributed by atoms with E-state index in [-0.39, 0.29) is 17.6 Å². The Morgan fingerprint density at radius 2 is 2.00 bits per heavy atom. The lowest BCUT2D eigenvalue weighted by Crippen LogP contribution is -2.31. The van der Waals surface area contributed by atoms with E-state index in [1.54, 1.807) is 18.2 Å². The van der Waals surface area contributed by atoms with E-state index < -0.39 is 0 Å². The fourth-order valence-corrected chi connectivity index (χ4v) is 3.18. The van der Waals surface area contributed by atoms with Crippen LogP contribution in [0.15, 0.2) is 58.0 Å².